The van der Waals surface area contributed by atoms with Crippen LogP contribution in [0.4, 0.5) is 5.82 Å². The fourth-order valence-corrected chi connectivity index (χ4v) is 3.72. The first-order valence-electron chi connectivity index (χ1n) is 10.1. The van der Waals surface area contributed by atoms with Crippen LogP contribution in [0.5, 0.6) is 0 Å². The van der Waals surface area contributed by atoms with Crippen LogP contribution in [0.25, 0.3) is 22.4 Å². The first-order valence-corrected chi connectivity index (χ1v) is 10.1. The molecular weight excluding hydrogens is 382 g/mol. The highest BCUT2D eigenvalue weighted by atomic mass is 16.5. The molecule has 1 saturated carbocycles. The maximum atomic E-state index is 13.3. The molecule has 1 aliphatic carbocycles. The van der Waals surface area contributed by atoms with Gasteiger partial charge in [-0.15, -0.1) is 0 Å². The second-order valence-corrected chi connectivity index (χ2v) is 7.79. The molecule has 0 unspecified atom stereocenters. The third kappa shape index (κ3) is 2.97. The van der Waals surface area contributed by atoms with E-state index in [1.165, 1.54) is 0 Å². The number of amides is 1. The third-order valence-electron chi connectivity index (χ3n) is 5.72. The van der Waals surface area contributed by atoms with Crippen LogP contribution in [-0.2, 0) is 13.6 Å². The molecule has 0 aliphatic heterocycles. The zero-order valence-electron chi connectivity index (χ0n) is 17.4. The van der Waals surface area contributed by atoms with Gasteiger partial charge in [0.2, 0.25) is 0 Å². The Kier molecular flexibility index (Phi) is 4.19. The van der Waals surface area contributed by atoms with Gasteiger partial charge in [-0.2, -0.15) is 10.2 Å². The van der Waals surface area contributed by atoms with Gasteiger partial charge in [-0.1, -0.05) is 5.16 Å². The number of fused-ring (bicyclic) bond motifs is 1. The number of carbonyl (C=O) groups is 1. The van der Waals surface area contributed by atoms with Gasteiger partial charge >= 0.3 is 0 Å². The highest BCUT2D eigenvalue weighted by Gasteiger charge is 2.30. The van der Waals surface area contributed by atoms with Crippen molar-refractivity contribution in [1.29, 1.82) is 0 Å². The fraction of sp³-hybridized carbons (Fsp3) is 0.381. The molecule has 0 spiro atoms. The fourth-order valence-electron chi connectivity index (χ4n) is 3.72. The Bertz CT molecular complexity index is 1260. The van der Waals surface area contributed by atoms with E-state index in [4.69, 9.17) is 4.52 Å². The highest BCUT2D eigenvalue weighted by Crippen LogP contribution is 2.41. The molecule has 1 fully saturated rings. The zero-order chi connectivity index (χ0) is 21.0. The molecule has 5 rings (SSSR count). The summed E-state index contributed by atoms with van der Waals surface area (Å²) in [6.07, 6.45) is 3.90. The molecule has 0 aromatic carbocycles. The molecule has 4 aromatic rings. The molecule has 1 aliphatic rings. The Labute approximate surface area is 173 Å². The van der Waals surface area contributed by atoms with Crippen molar-refractivity contribution in [1.82, 2.24) is 29.7 Å². The van der Waals surface area contributed by atoms with E-state index in [0.717, 1.165) is 42.0 Å². The largest absolute Gasteiger partial charge is 0.335 e. The molecule has 9 heteroatoms. The van der Waals surface area contributed by atoms with Gasteiger partial charge < -0.3 is 9.84 Å². The van der Waals surface area contributed by atoms with Gasteiger partial charge in [0.25, 0.3) is 11.6 Å². The van der Waals surface area contributed by atoms with Gasteiger partial charge in [-0.25, -0.2) is 4.98 Å². The Balaban J connectivity index is 1.65. The second kappa shape index (κ2) is 6.79. The van der Waals surface area contributed by atoms with Crippen LogP contribution < -0.4 is 5.32 Å². The van der Waals surface area contributed by atoms with Crippen molar-refractivity contribution in [3.05, 3.63) is 41.0 Å². The van der Waals surface area contributed by atoms with Gasteiger partial charge in [-0.3, -0.25) is 14.2 Å². The Hall–Kier alpha value is -3.49. The average Bonchev–Trinajstić information content (AvgIpc) is 3.29. The number of rotatable bonds is 5. The molecular formula is C21H23N7O2. The minimum atomic E-state index is -0.257. The van der Waals surface area contributed by atoms with Crippen molar-refractivity contribution in [2.45, 2.75) is 46.1 Å². The van der Waals surface area contributed by atoms with Crippen molar-refractivity contribution in [3.63, 3.8) is 0 Å². The standard InChI is InChI=1S/C21H23N7O2/c1-5-28-12(3)15(10-22-28)19-18-14(20(29)24-17-8-11(2)27(4)25-17)9-16(13-6-7-13)23-21(18)30-26-19/h8-10,13H,5-7H2,1-4H3,(H,24,25,29). The van der Waals surface area contributed by atoms with Crippen LogP contribution in [0.3, 0.4) is 0 Å². The van der Waals surface area contributed by atoms with Crippen molar-refractivity contribution < 1.29 is 9.32 Å². The molecule has 0 saturated heterocycles. The van der Waals surface area contributed by atoms with Crippen molar-refractivity contribution >= 4 is 22.8 Å². The smallest absolute Gasteiger partial charge is 0.259 e. The molecule has 154 valence electrons. The maximum Gasteiger partial charge on any atom is 0.259 e. The Morgan fingerprint density at radius 2 is 2.10 bits per heavy atom. The van der Waals surface area contributed by atoms with Crippen LogP contribution in [0.2, 0.25) is 0 Å². The van der Waals surface area contributed by atoms with Gasteiger partial charge in [0.05, 0.1) is 17.1 Å². The van der Waals surface area contributed by atoms with Crippen molar-refractivity contribution in [3.8, 4) is 11.3 Å². The van der Waals surface area contributed by atoms with E-state index >= 15 is 0 Å². The second-order valence-electron chi connectivity index (χ2n) is 7.79. The van der Waals surface area contributed by atoms with Crippen LogP contribution >= 0.6 is 0 Å². The van der Waals surface area contributed by atoms with E-state index in [1.54, 1.807) is 10.9 Å². The van der Waals surface area contributed by atoms with E-state index in [1.807, 2.05) is 44.6 Å². The molecule has 1 amide bonds. The highest BCUT2D eigenvalue weighted by molar-refractivity contribution is 6.14. The molecule has 0 atom stereocenters. The summed E-state index contributed by atoms with van der Waals surface area (Å²) in [4.78, 5) is 17.9. The normalized spacial score (nSPS) is 13.9. The van der Waals surface area contributed by atoms with Crippen molar-refractivity contribution in [2.24, 2.45) is 7.05 Å². The van der Waals surface area contributed by atoms with E-state index in [-0.39, 0.29) is 5.91 Å². The summed E-state index contributed by atoms with van der Waals surface area (Å²) in [6, 6.07) is 3.70. The van der Waals surface area contributed by atoms with Gasteiger partial charge in [0.1, 0.15) is 5.69 Å². The lowest BCUT2D eigenvalue weighted by Crippen LogP contribution is -2.14. The molecule has 0 bridgehead atoms. The number of nitrogens with zero attached hydrogens (tertiary/aromatic N) is 6. The minimum absolute atomic E-state index is 0.257. The number of aromatic nitrogens is 6. The zero-order valence-corrected chi connectivity index (χ0v) is 17.4. The summed E-state index contributed by atoms with van der Waals surface area (Å²) in [6.45, 7) is 6.69. The lowest BCUT2D eigenvalue weighted by atomic mass is 10.0. The lowest BCUT2D eigenvalue weighted by molar-refractivity contribution is 0.102. The quantitative estimate of drug-likeness (QED) is 0.544. The van der Waals surface area contributed by atoms with E-state index in [9.17, 15) is 4.79 Å². The SMILES string of the molecule is CCn1ncc(-c2noc3nc(C4CC4)cc(C(=O)Nc4cc(C)n(C)n4)c23)c1C. The summed E-state index contributed by atoms with van der Waals surface area (Å²) in [5.74, 6) is 0.620. The maximum absolute atomic E-state index is 13.3. The monoisotopic (exact) mass is 405 g/mol. The Morgan fingerprint density at radius 1 is 1.30 bits per heavy atom. The van der Waals surface area contributed by atoms with Gasteiger partial charge in [-0.05, 0) is 39.7 Å². The van der Waals surface area contributed by atoms with E-state index in [0.29, 0.717) is 34.1 Å². The number of hydrogen-bond acceptors (Lipinski definition) is 6. The topological polar surface area (TPSA) is 104 Å². The average molecular weight is 405 g/mol. The molecule has 4 heterocycles. The first kappa shape index (κ1) is 18.5. The Morgan fingerprint density at radius 3 is 2.73 bits per heavy atom. The van der Waals surface area contributed by atoms with Gasteiger partial charge in [0, 0.05) is 48.2 Å². The number of hydrogen-bond donors (Lipinski definition) is 1. The number of nitrogens with one attached hydrogen (secondary N) is 1. The predicted molar refractivity (Wildman–Crippen MR) is 111 cm³/mol. The summed E-state index contributed by atoms with van der Waals surface area (Å²) in [7, 11) is 1.84. The number of anilines is 1. The van der Waals surface area contributed by atoms with Crippen molar-refractivity contribution in [2.75, 3.05) is 5.32 Å². The number of carbonyl (C=O) groups excluding carboxylic acids is 1. The minimum Gasteiger partial charge on any atom is -0.335 e. The summed E-state index contributed by atoms with van der Waals surface area (Å²) >= 11 is 0. The van der Waals surface area contributed by atoms with Gasteiger partial charge in [0.15, 0.2) is 5.82 Å². The summed E-state index contributed by atoms with van der Waals surface area (Å²) < 4.78 is 9.20. The van der Waals surface area contributed by atoms with E-state index in [2.05, 4.69) is 25.7 Å². The molecule has 0 radical (unpaired) electrons. The number of pyridine rings is 1. The molecule has 4 aromatic heterocycles. The summed E-state index contributed by atoms with van der Waals surface area (Å²) in [5.41, 5.74) is 5.07. The molecule has 1 N–H and O–H groups in total. The molecule has 9 nitrogen and oxygen atoms in total. The predicted octanol–water partition coefficient (Wildman–Crippen LogP) is 3.59. The third-order valence-corrected chi connectivity index (χ3v) is 5.72. The first-order chi connectivity index (χ1) is 14.5. The lowest BCUT2D eigenvalue weighted by Gasteiger charge is -2.07. The molecule has 30 heavy (non-hydrogen) atoms. The number of aryl methyl sites for hydroxylation is 3. The van der Waals surface area contributed by atoms with Crippen LogP contribution in [0.15, 0.2) is 22.9 Å². The summed E-state index contributed by atoms with van der Waals surface area (Å²) in [5, 5.41) is 16.5. The van der Waals surface area contributed by atoms with E-state index < -0.39 is 0 Å². The van der Waals surface area contributed by atoms with Crippen LogP contribution in [0, 0.1) is 13.8 Å². The van der Waals surface area contributed by atoms with Crippen LogP contribution in [0.1, 0.15) is 53.1 Å². The van der Waals surface area contributed by atoms with Crippen LogP contribution in [-0.4, -0.2) is 35.6 Å².